The van der Waals surface area contributed by atoms with Crippen LogP contribution in [0.5, 0.6) is 0 Å². The van der Waals surface area contributed by atoms with E-state index in [9.17, 15) is 4.79 Å². The quantitative estimate of drug-likeness (QED) is 0.836. The topological polar surface area (TPSA) is 29.1 Å². The van der Waals surface area contributed by atoms with Crippen molar-refractivity contribution in [2.75, 3.05) is 6.54 Å². The maximum Gasteiger partial charge on any atom is 0.251 e. The van der Waals surface area contributed by atoms with E-state index in [0.717, 1.165) is 3.57 Å². The molecule has 0 aliphatic carbocycles. The van der Waals surface area contributed by atoms with Gasteiger partial charge in [0, 0.05) is 20.7 Å². The molecule has 70 valence electrons. The molecule has 13 heavy (non-hydrogen) atoms. The van der Waals surface area contributed by atoms with Gasteiger partial charge in [-0.2, -0.15) is 0 Å². The highest BCUT2D eigenvalue weighted by Gasteiger charge is 2.05. The molecule has 0 aromatic heterocycles. The van der Waals surface area contributed by atoms with Crippen LogP contribution in [0.2, 0.25) is 5.02 Å². The summed E-state index contributed by atoms with van der Waals surface area (Å²) in [5.74, 6) is -0.0806. The Morgan fingerprint density at radius 2 is 2.23 bits per heavy atom. The van der Waals surface area contributed by atoms with Crippen LogP contribution in [0.25, 0.3) is 0 Å². The summed E-state index contributed by atoms with van der Waals surface area (Å²) >= 11 is 7.94. The van der Waals surface area contributed by atoms with Crippen LogP contribution in [0, 0.1) is 3.57 Å². The van der Waals surface area contributed by atoms with E-state index in [2.05, 4.69) is 27.9 Å². The van der Waals surface area contributed by atoms with E-state index >= 15 is 0 Å². The molecule has 0 unspecified atom stereocenters. The lowest BCUT2D eigenvalue weighted by molar-refractivity contribution is 0.0956. The fraction of sp³-hybridized carbons (Fsp3) is 0.222. The summed E-state index contributed by atoms with van der Waals surface area (Å²) in [4.78, 5) is 11.4. The van der Waals surface area contributed by atoms with E-state index in [1.165, 1.54) is 0 Å². The lowest BCUT2D eigenvalue weighted by Crippen LogP contribution is -2.22. The minimum atomic E-state index is -0.0806. The first kappa shape index (κ1) is 10.8. The van der Waals surface area contributed by atoms with E-state index in [0.29, 0.717) is 17.1 Å². The average molecular weight is 310 g/mol. The third-order valence-corrected chi connectivity index (χ3v) is 2.30. The van der Waals surface area contributed by atoms with E-state index in [-0.39, 0.29) is 5.91 Å². The summed E-state index contributed by atoms with van der Waals surface area (Å²) in [7, 11) is 0. The Hall–Kier alpha value is -0.290. The Balaban J connectivity index is 2.94. The van der Waals surface area contributed by atoms with Crippen LogP contribution in [-0.2, 0) is 0 Å². The largest absolute Gasteiger partial charge is 0.352 e. The smallest absolute Gasteiger partial charge is 0.251 e. The molecule has 1 aromatic rings. The Morgan fingerprint density at radius 3 is 2.77 bits per heavy atom. The van der Waals surface area contributed by atoms with Crippen LogP contribution < -0.4 is 5.32 Å². The predicted molar refractivity (Wildman–Crippen MR) is 62.2 cm³/mol. The number of carbonyl (C=O) groups excluding carboxylic acids is 1. The van der Waals surface area contributed by atoms with Gasteiger partial charge in [0.15, 0.2) is 0 Å². The van der Waals surface area contributed by atoms with Crippen molar-refractivity contribution in [1.29, 1.82) is 0 Å². The molecule has 1 aromatic carbocycles. The van der Waals surface area contributed by atoms with Crippen molar-refractivity contribution < 1.29 is 4.79 Å². The number of carbonyl (C=O) groups is 1. The van der Waals surface area contributed by atoms with Crippen molar-refractivity contribution in [3.05, 3.63) is 32.4 Å². The summed E-state index contributed by atoms with van der Waals surface area (Å²) in [6.07, 6.45) is 0. The van der Waals surface area contributed by atoms with Crippen LogP contribution in [0.3, 0.4) is 0 Å². The minimum absolute atomic E-state index is 0.0806. The molecule has 0 saturated carbocycles. The zero-order valence-corrected chi connectivity index (χ0v) is 10.0. The van der Waals surface area contributed by atoms with Gasteiger partial charge in [0.25, 0.3) is 5.91 Å². The highest BCUT2D eigenvalue weighted by atomic mass is 127. The number of hydrogen-bond donors (Lipinski definition) is 1. The fourth-order valence-electron chi connectivity index (χ4n) is 0.948. The molecule has 1 N–H and O–H groups in total. The number of amides is 1. The molecule has 0 fully saturated rings. The molecule has 1 amide bonds. The molecule has 2 nitrogen and oxygen atoms in total. The first-order valence-electron chi connectivity index (χ1n) is 3.87. The third-order valence-electron chi connectivity index (χ3n) is 1.46. The van der Waals surface area contributed by atoms with Crippen LogP contribution in [-0.4, -0.2) is 12.5 Å². The molecule has 0 spiro atoms. The first-order chi connectivity index (χ1) is 6.13. The maximum absolute atomic E-state index is 11.4. The molecule has 0 aliphatic heterocycles. The van der Waals surface area contributed by atoms with Gasteiger partial charge in [-0.05, 0) is 47.7 Å². The summed E-state index contributed by atoms with van der Waals surface area (Å²) < 4.78 is 0.964. The van der Waals surface area contributed by atoms with Gasteiger partial charge in [0.2, 0.25) is 0 Å². The van der Waals surface area contributed by atoms with Crippen molar-refractivity contribution in [1.82, 2.24) is 5.32 Å². The molecular weight excluding hydrogens is 300 g/mol. The van der Waals surface area contributed by atoms with Crippen molar-refractivity contribution >= 4 is 40.1 Å². The molecular formula is C9H9ClINO. The second-order valence-electron chi connectivity index (χ2n) is 2.52. The minimum Gasteiger partial charge on any atom is -0.352 e. The molecule has 0 bridgehead atoms. The third kappa shape index (κ3) is 3.15. The van der Waals surface area contributed by atoms with Gasteiger partial charge in [-0.15, -0.1) is 0 Å². The average Bonchev–Trinajstić information content (AvgIpc) is 2.03. The van der Waals surface area contributed by atoms with E-state index in [4.69, 9.17) is 11.6 Å². The van der Waals surface area contributed by atoms with Gasteiger partial charge in [0.05, 0.1) is 0 Å². The van der Waals surface area contributed by atoms with E-state index in [1.54, 1.807) is 12.1 Å². The molecule has 0 radical (unpaired) electrons. The van der Waals surface area contributed by atoms with Crippen LogP contribution in [0.1, 0.15) is 17.3 Å². The van der Waals surface area contributed by atoms with Crippen LogP contribution in [0.4, 0.5) is 0 Å². The Bertz CT molecular complexity index is 307. The van der Waals surface area contributed by atoms with Gasteiger partial charge in [-0.25, -0.2) is 0 Å². The number of benzene rings is 1. The fourth-order valence-corrected chi connectivity index (χ4v) is 2.04. The maximum atomic E-state index is 11.4. The normalized spacial score (nSPS) is 9.77. The summed E-state index contributed by atoms with van der Waals surface area (Å²) in [5, 5.41) is 3.31. The summed E-state index contributed by atoms with van der Waals surface area (Å²) in [6.45, 7) is 2.51. The first-order valence-corrected chi connectivity index (χ1v) is 5.33. The standard InChI is InChI=1S/C9H9ClINO/c1-2-12-9(13)6-3-7(10)5-8(11)4-6/h3-5H,2H2,1H3,(H,12,13). The monoisotopic (exact) mass is 309 g/mol. The summed E-state index contributed by atoms with van der Waals surface area (Å²) in [6, 6.07) is 5.27. The second-order valence-corrected chi connectivity index (χ2v) is 4.20. The van der Waals surface area contributed by atoms with Gasteiger partial charge in [-0.3, -0.25) is 4.79 Å². The second kappa shape index (κ2) is 4.81. The van der Waals surface area contributed by atoms with Gasteiger partial charge < -0.3 is 5.32 Å². The highest BCUT2D eigenvalue weighted by Crippen LogP contribution is 2.16. The van der Waals surface area contributed by atoms with E-state index < -0.39 is 0 Å². The number of nitrogens with one attached hydrogen (secondary N) is 1. The molecule has 0 atom stereocenters. The van der Waals surface area contributed by atoms with Crippen molar-refractivity contribution in [3.8, 4) is 0 Å². The molecule has 1 rings (SSSR count). The van der Waals surface area contributed by atoms with Crippen LogP contribution in [0.15, 0.2) is 18.2 Å². The molecule has 4 heteroatoms. The van der Waals surface area contributed by atoms with Crippen molar-refractivity contribution in [2.45, 2.75) is 6.92 Å². The Labute approximate surface area is 95.8 Å². The van der Waals surface area contributed by atoms with Crippen molar-refractivity contribution in [3.63, 3.8) is 0 Å². The number of rotatable bonds is 2. The lowest BCUT2D eigenvalue weighted by Gasteiger charge is -2.02. The predicted octanol–water partition coefficient (Wildman–Crippen LogP) is 2.69. The Kier molecular flexibility index (Phi) is 3.99. The zero-order valence-electron chi connectivity index (χ0n) is 7.10. The Morgan fingerprint density at radius 1 is 1.54 bits per heavy atom. The van der Waals surface area contributed by atoms with Crippen molar-refractivity contribution in [2.24, 2.45) is 0 Å². The highest BCUT2D eigenvalue weighted by molar-refractivity contribution is 14.1. The number of hydrogen-bond acceptors (Lipinski definition) is 1. The molecule has 0 heterocycles. The zero-order chi connectivity index (χ0) is 9.84. The van der Waals surface area contributed by atoms with Gasteiger partial charge >= 0.3 is 0 Å². The van der Waals surface area contributed by atoms with Gasteiger partial charge in [-0.1, -0.05) is 11.6 Å². The molecule has 0 saturated heterocycles. The van der Waals surface area contributed by atoms with Crippen LogP contribution >= 0.6 is 34.2 Å². The lowest BCUT2D eigenvalue weighted by atomic mass is 10.2. The molecule has 0 aliphatic rings. The number of halogens is 2. The van der Waals surface area contributed by atoms with Gasteiger partial charge in [0.1, 0.15) is 0 Å². The SMILES string of the molecule is CCNC(=O)c1cc(Cl)cc(I)c1. The summed E-state index contributed by atoms with van der Waals surface area (Å²) in [5.41, 5.74) is 0.610. The van der Waals surface area contributed by atoms with E-state index in [1.807, 2.05) is 13.0 Å².